The van der Waals surface area contributed by atoms with Crippen LogP contribution in [0.1, 0.15) is 181 Å². The number of carbonyl (C=O) groups is 1. The monoisotopic (exact) mass is 601 g/mol. The average molecular weight is 602 g/mol. The topological polar surface area (TPSA) is 104 Å². The van der Waals surface area contributed by atoms with Crippen molar-refractivity contribution in [2.45, 2.75) is 193 Å². The Hall–Kier alpha value is -0.920. The van der Waals surface area contributed by atoms with Crippen LogP contribution in [-0.2, 0) is 14.9 Å². The molecule has 1 amide bonds. The van der Waals surface area contributed by atoms with Crippen LogP contribution >= 0.6 is 0 Å². The van der Waals surface area contributed by atoms with E-state index in [2.05, 4.69) is 19.2 Å². The van der Waals surface area contributed by atoms with E-state index in [9.17, 15) is 22.9 Å². The second-order valence-corrected chi connectivity index (χ2v) is 13.7. The molecule has 0 aliphatic heterocycles. The molecule has 0 aromatic rings. The molecule has 0 aromatic carbocycles. The average Bonchev–Trinajstić information content (AvgIpc) is 2.92. The molecule has 0 heterocycles. The highest BCUT2D eigenvalue weighted by Crippen LogP contribution is 2.15. The van der Waals surface area contributed by atoms with Gasteiger partial charge in [0, 0.05) is 6.42 Å². The predicted molar refractivity (Wildman–Crippen MR) is 175 cm³/mol. The van der Waals surface area contributed by atoms with Gasteiger partial charge in [0.25, 0.3) is 10.1 Å². The molecule has 0 bridgehead atoms. The van der Waals surface area contributed by atoms with Crippen molar-refractivity contribution in [1.29, 1.82) is 0 Å². The van der Waals surface area contributed by atoms with E-state index < -0.39 is 28.0 Å². The number of aliphatic hydroxyl groups is 1. The molecule has 0 spiro atoms. The van der Waals surface area contributed by atoms with Gasteiger partial charge in [0.05, 0.1) is 17.9 Å². The van der Waals surface area contributed by atoms with E-state index in [-0.39, 0.29) is 5.91 Å². The van der Waals surface area contributed by atoms with Crippen molar-refractivity contribution in [3.8, 4) is 0 Å². The predicted octanol–water partition coefficient (Wildman–Crippen LogP) is 9.46. The first-order valence-corrected chi connectivity index (χ1v) is 19.0. The molecule has 0 radical (unpaired) electrons. The van der Waals surface area contributed by atoms with E-state index >= 15 is 0 Å². The first kappa shape index (κ1) is 40.1. The molecule has 2 atom stereocenters. The van der Waals surface area contributed by atoms with E-state index in [1.807, 2.05) is 6.08 Å². The third kappa shape index (κ3) is 30.3. The number of nitrogens with one attached hydrogen (secondary N) is 1. The second kappa shape index (κ2) is 29.2. The Morgan fingerprint density at radius 1 is 0.634 bits per heavy atom. The molecule has 0 aromatic heterocycles. The van der Waals surface area contributed by atoms with Crippen LogP contribution < -0.4 is 5.32 Å². The number of amides is 1. The van der Waals surface area contributed by atoms with Gasteiger partial charge in [0.15, 0.2) is 0 Å². The number of allylic oxidation sites excluding steroid dienone is 1. The molecule has 0 aliphatic rings. The van der Waals surface area contributed by atoms with Crippen LogP contribution in [0.5, 0.6) is 0 Å². The fourth-order valence-corrected chi connectivity index (χ4v) is 6.07. The molecule has 0 fully saturated rings. The zero-order chi connectivity index (χ0) is 30.4. The number of carbonyl (C=O) groups excluding carboxylic acids is 1. The zero-order valence-corrected chi connectivity index (χ0v) is 27.7. The summed E-state index contributed by atoms with van der Waals surface area (Å²) in [7, 11) is -4.32. The number of rotatable bonds is 31. The molecular formula is C34H67NO5S. The second-order valence-electron chi connectivity index (χ2n) is 12.2. The lowest BCUT2D eigenvalue weighted by atomic mass is 10.0. The summed E-state index contributed by atoms with van der Waals surface area (Å²) >= 11 is 0. The summed E-state index contributed by atoms with van der Waals surface area (Å²) < 4.78 is 32.0. The van der Waals surface area contributed by atoms with Crippen molar-refractivity contribution in [3.05, 3.63) is 12.2 Å². The standard InChI is InChI=1S/C34H67NO5S/c1-3-5-7-9-11-12-13-14-15-16-17-18-19-20-21-22-23-24-26-28-30-34(37)35-32(31-41(38,39)40)33(36)29-27-25-10-8-6-4-2/h27,29,32-33,36H,3-26,28,30-31H2,1-2H3,(H,35,37)(H,38,39,40)/b29-27+. The third-order valence-electron chi connectivity index (χ3n) is 7.96. The highest BCUT2D eigenvalue weighted by molar-refractivity contribution is 7.85. The van der Waals surface area contributed by atoms with Gasteiger partial charge < -0.3 is 10.4 Å². The molecule has 0 saturated carbocycles. The quantitative estimate of drug-likeness (QED) is 0.0417. The smallest absolute Gasteiger partial charge is 0.267 e. The Morgan fingerprint density at radius 2 is 1.00 bits per heavy atom. The summed E-state index contributed by atoms with van der Waals surface area (Å²) in [5, 5.41) is 13.0. The number of hydrogen-bond acceptors (Lipinski definition) is 4. The van der Waals surface area contributed by atoms with Crippen LogP contribution in [0.4, 0.5) is 0 Å². The molecule has 0 rings (SSSR count). The van der Waals surface area contributed by atoms with Crippen molar-refractivity contribution >= 4 is 16.0 Å². The fourth-order valence-electron chi connectivity index (χ4n) is 5.33. The molecule has 7 heteroatoms. The van der Waals surface area contributed by atoms with Crippen molar-refractivity contribution in [3.63, 3.8) is 0 Å². The molecular weight excluding hydrogens is 534 g/mol. The Kier molecular flexibility index (Phi) is 28.5. The summed E-state index contributed by atoms with van der Waals surface area (Å²) in [4.78, 5) is 12.4. The highest BCUT2D eigenvalue weighted by atomic mass is 32.2. The lowest BCUT2D eigenvalue weighted by molar-refractivity contribution is -0.122. The largest absolute Gasteiger partial charge is 0.387 e. The first-order chi connectivity index (χ1) is 19.8. The molecule has 3 N–H and O–H groups in total. The van der Waals surface area contributed by atoms with Crippen molar-refractivity contribution in [2.75, 3.05) is 5.75 Å². The third-order valence-corrected chi connectivity index (χ3v) is 8.74. The van der Waals surface area contributed by atoms with Crippen LogP contribution in [0.3, 0.4) is 0 Å². The number of aliphatic hydroxyl groups excluding tert-OH is 1. The van der Waals surface area contributed by atoms with Crippen LogP contribution in [-0.4, -0.2) is 41.9 Å². The molecule has 2 unspecified atom stereocenters. The minimum Gasteiger partial charge on any atom is -0.387 e. The number of hydrogen-bond donors (Lipinski definition) is 3. The van der Waals surface area contributed by atoms with E-state index in [0.29, 0.717) is 6.42 Å². The van der Waals surface area contributed by atoms with Gasteiger partial charge in [-0.05, 0) is 19.3 Å². The van der Waals surface area contributed by atoms with Gasteiger partial charge in [-0.1, -0.05) is 167 Å². The zero-order valence-electron chi connectivity index (χ0n) is 26.9. The molecule has 6 nitrogen and oxygen atoms in total. The summed E-state index contributed by atoms with van der Waals surface area (Å²) in [6.07, 6.45) is 33.8. The maximum atomic E-state index is 12.4. The van der Waals surface area contributed by atoms with Gasteiger partial charge in [0.1, 0.15) is 0 Å². The molecule has 0 aliphatic carbocycles. The Labute approximate surface area is 254 Å². The maximum Gasteiger partial charge on any atom is 0.267 e. The molecule has 0 saturated heterocycles. The van der Waals surface area contributed by atoms with E-state index in [1.54, 1.807) is 0 Å². The SMILES string of the molecule is CCCCCC/C=C/C(O)C(CS(=O)(=O)O)NC(=O)CCCCCCCCCCCCCCCCCCCCCC. The fraction of sp³-hybridized carbons (Fsp3) is 0.912. The highest BCUT2D eigenvalue weighted by Gasteiger charge is 2.24. The Balaban J connectivity index is 3.75. The lowest BCUT2D eigenvalue weighted by Gasteiger charge is -2.21. The molecule has 41 heavy (non-hydrogen) atoms. The van der Waals surface area contributed by atoms with Gasteiger partial charge in [0.2, 0.25) is 5.91 Å². The summed E-state index contributed by atoms with van der Waals surface area (Å²) in [5.74, 6) is -0.976. The van der Waals surface area contributed by atoms with E-state index in [0.717, 1.165) is 51.4 Å². The van der Waals surface area contributed by atoms with Crippen LogP contribution in [0, 0.1) is 0 Å². The van der Waals surface area contributed by atoms with Crippen molar-refractivity contribution < 1.29 is 22.9 Å². The minimum atomic E-state index is -4.32. The van der Waals surface area contributed by atoms with E-state index in [4.69, 9.17) is 0 Å². The molecule has 244 valence electrons. The van der Waals surface area contributed by atoms with Gasteiger partial charge in [-0.2, -0.15) is 8.42 Å². The van der Waals surface area contributed by atoms with Crippen molar-refractivity contribution in [1.82, 2.24) is 5.32 Å². The summed E-state index contributed by atoms with van der Waals surface area (Å²) in [6, 6.07) is -1.05. The van der Waals surface area contributed by atoms with Crippen LogP contribution in [0.15, 0.2) is 12.2 Å². The van der Waals surface area contributed by atoms with E-state index in [1.165, 1.54) is 115 Å². The van der Waals surface area contributed by atoms with Gasteiger partial charge in [-0.15, -0.1) is 0 Å². The van der Waals surface area contributed by atoms with Gasteiger partial charge in [-0.25, -0.2) is 0 Å². The normalized spacial score (nSPS) is 13.6. The van der Waals surface area contributed by atoms with Crippen LogP contribution in [0.2, 0.25) is 0 Å². The van der Waals surface area contributed by atoms with Gasteiger partial charge >= 0.3 is 0 Å². The Bertz CT molecular complexity index is 710. The maximum absolute atomic E-state index is 12.4. The number of unbranched alkanes of at least 4 members (excludes halogenated alkanes) is 23. The van der Waals surface area contributed by atoms with Crippen LogP contribution in [0.25, 0.3) is 0 Å². The Morgan fingerprint density at radius 3 is 1.39 bits per heavy atom. The minimum absolute atomic E-state index is 0.281. The van der Waals surface area contributed by atoms with Gasteiger partial charge in [-0.3, -0.25) is 9.35 Å². The lowest BCUT2D eigenvalue weighted by Crippen LogP contribution is -2.46. The summed E-state index contributed by atoms with van der Waals surface area (Å²) in [5.41, 5.74) is 0. The summed E-state index contributed by atoms with van der Waals surface area (Å²) in [6.45, 7) is 4.42. The first-order valence-electron chi connectivity index (χ1n) is 17.4. The van der Waals surface area contributed by atoms with Crippen molar-refractivity contribution in [2.24, 2.45) is 0 Å².